The van der Waals surface area contributed by atoms with Gasteiger partial charge in [-0.05, 0) is 37.6 Å². The van der Waals surface area contributed by atoms with Gasteiger partial charge in [-0.2, -0.15) is 4.98 Å². The first-order valence-electron chi connectivity index (χ1n) is 8.40. The van der Waals surface area contributed by atoms with Gasteiger partial charge in [0.1, 0.15) is 12.0 Å². The topological polar surface area (TPSA) is 39.8 Å². The highest BCUT2D eigenvalue weighted by Crippen LogP contribution is 2.30. The molecule has 0 N–H and O–H groups in total. The largest absolute Gasteiger partial charge is 0.315 e. The van der Waals surface area contributed by atoms with E-state index in [1.165, 1.54) is 0 Å². The van der Waals surface area contributed by atoms with Gasteiger partial charge in [-0.3, -0.25) is 9.36 Å². The second-order valence-corrected chi connectivity index (χ2v) is 6.35. The summed E-state index contributed by atoms with van der Waals surface area (Å²) in [5, 5.41) is 0.638. The lowest BCUT2D eigenvalue weighted by Crippen LogP contribution is -2.15. The van der Waals surface area contributed by atoms with E-state index in [1.807, 2.05) is 42.5 Å². The smallest absolute Gasteiger partial charge is 0.282 e. The second kappa shape index (κ2) is 6.06. The zero-order valence-corrected chi connectivity index (χ0v) is 14.3. The summed E-state index contributed by atoms with van der Waals surface area (Å²) in [4.78, 5) is 16.5. The predicted molar refractivity (Wildman–Crippen MR) is 101 cm³/mol. The molecule has 0 amide bonds. The molecular weight excluding hydrogens is 310 g/mol. The van der Waals surface area contributed by atoms with Crippen LogP contribution in [0.25, 0.3) is 28.0 Å². The van der Waals surface area contributed by atoms with Crippen LogP contribution in [0, 0.1) is 0 Å². The number of benzene rings is 2. The van der Waals surface area contributed by atoms with Crippen molar-refractivity contribution < 1.29 is 0 Å². The van der Waals surface area contributed by atoms with Gasteiger partial charge in [0.05, 0.1) is 11.1 Å². The number of hydrogen-bond acceptors (Lipinski definition) is 2. The molecule has 2 aromatic carbocycles. The summed E-state index contributed by atoms with van der Waals surface area (Å²) in [6.45, 7) is 4.19. The second-order valence-electron chi connectivity index (χ2n) is 6.35. The maximum absolute atomic E-state index is 12.4. The fourth-order valence-corrected chi connectivity index (χ4v) is 3.19. The number of rotatable bonds is 3. The van der Waals surface area contributed by atoms with Crippen molar-refractivity contribution >= 4 is 11.0 Å². The highest BCUT2D eigenvalue weighted by molar-refractivity contribution is 5.86. The molecule has 0 aliphatic carbocycles. The van der Waals surface area contributed by atoms with Crippen LogP contribution in [0.4, 0.5) is 0 Å². The summed E-state index contributed by atoms with van der Waals surface area (Å²) in [6, 6.07) is 22.4. The average molecular weight is 329 g/mol. The summed E-state index contributed by atoms with van der Waals surface area (Å²) >= 11 is 0. The number of hydrogen-bond donors (Lipinski definition) is 0. The Morgan fingerprint density at radius 2 is 1.56 bits per heavy atom. The minimum atomic E-state index is -0.196. The lowest BCUT2D eigenvalue weighted by molar-refractivity contribution is 0.598. The zero-order valence-electron chi connectivity index (χ0n) is 14.3. The van der Waals surface area contributed by atoms with Gasteiger partial charge in [0, 0.05) is 11.7 Å². The monoisotopic (exact) mass is 329 g/mol. The zero-order chi connectivity index (χ0) is 17.4. The summed E-state index contributed by atoms with van der Waals surface area (Å²) in [7, 11) is 0. The van der Waals surface area contributed by atoms with Gasteiger partial charge in [-0.25, -0.2) is 0 Å². The molecule has 0 aliphatic rings. The van der Waals surface area contributed by atoms with Gasteiger partial charge in [0.25, 0.3) is 5.56 Å². The third kappa shape index (κ3) is 2.56. The van der Waals surface area contributed by atoms with Crippen molar-refractivity contribution in [3.05, 3.63) is 83.4 Å². The van der Waals surface area contributed by atoms with E-state index in [0.717, 1.165) is 22.6 Å². The van der Waals surface area contributed by atoms with Crippen LogP contribution in [0.5, 0.6) is 0 Å². The number of para-hydroxylation sites is 1. The Hall–Kier alpha value is -3.14. The van der Waals surface area contributed by atoms with Crippen molar-refractivity contribution in [1.82, 2.24) is 14.1 Å². The molecule has 0 aliphatic heterocycles. The van der Waals surface area contributed by atoms with Crippen molar-refractivity contribution in [3.63, 3.8) is 0 Å². The van der Waals surface area contributed by atoms with Crippen LogP contribution in [-0.2, 0) is 0 Å². The Labute approximate surface area is 146 Å². The Kier molecular flexibility index (Phi) is 3.73. The molecule has 0 spiro atoms. The summed E-state index contributed by atoms with van der Waals surface area (Å²) < 4.78 is 4.20. The molecule has 4 heteroatoms. The van der Waals surface area contributed by atoms with E-state index in [9.17, 15) is 4.79 Å². The van der Waals surface area contributed by atoms with Crippen molar-refractivity contribution in [2.24, 2.45) is 0 Å². The van der Waals surface area contributed by atoms with Gasteiger partial charge < -0.3 is 4.57 Å². The minimum absolute atomic E-state index is 0.191. The van der Waals surface area contributed by atoms with E-state index in [2.05, 4.69) is 52.2 Å². The predicted octanol–water partition coefficient (Wildman–Crippen LogP) is 4.44. The Balaban J connectivity index is 2.18. The molecule has 0 unspecified atom stereocenters. The molecule has 0 saturated heterocycles. The molecule has 0 saturated carbocycles. The molecule has 25 heavy (non-hydrogen) atoms. The van der Waals surface area contributed by atoms with E-state index in [0.29, 0.717) is 5.39 Å². The van der Waals surface area contributed by atoms with Gasteiger partial charge in [-0.15, -0.1) is 0 Å². The maximum atomic E-state index is 12.4. The van der Waals surface area contributed by atoms with Crippen LogP contribution < -0.4 is 5.56 Å². The molecule has 0 radical (unpaired) electrons. The normalized spacial score (nSPS) is 11.3. The molecule has 4 nitrogen and oxygen atoms in total. The molecule has 2 heterocycles. The highest BCUT2D eigenvalue weighted by Gasteiger charge is 2.18. The molecule has 4 rings (SSSR count). The summed E-state index contributed by atoms with van der Waals surface area (Å²) in [5.74, 6) is 0. The van der Waals surface area contributed by atoms with E-state index in [4.69, 9.17) is 0 Å². The standard InChI is InChI=1S/C21H19N3O/c1-15(2)23-14-22-20(25)18-13-19(16-9-5-3-6-10-16)24(21(18)23)17-11-7-4-8-12-17/h3-15H,1-2H3. The van der Waals surface area contributed by atoms with Crippen molar-refractivity contribution in [2.75, 3.05) is 0 Å². The van der Waals surface area contributed by atoms with Crippen molar-refractivity contribution in [2.45, 2.75) is 19.9 Å². The lowest BCUT2D eigenvalue weighted by atomic mass is 10.1. The number of aromatic nitrogens is 3. The summed E-state index contributed by atoms with van der Waals surface area (Å²) in [6.07, 6.45) is 1.64. The lowest BCUT2D eigenvalue weighted by Gasteiger charge is -2.17. The molecular formula is C21H19N3O. The van der Waals surface area contributed by atoms with Crippen LogP contribution in [0.15, 0.2) is 77.9 Å². The van der Waals surface area contributed by atoms with Gasteiger partial charge in [0.15, 0.2) is 0 Å². The quantitative estimate of drug-likeness (QED) is 0.557. The first-order valence-corrected chi connectivity index (χ1v) is 8.40. The number of nitrogens with zero attached hydrogens (tertiary/aromatic N) is 3. The Morgan fingerprint density at radius 3 is 2.20 bits per heavy atom. The Bertz CT molecular complexity index is 1080. The fourth-order valence-electron chi connectivity index (χ4n) is 3.19. The number of fused-ring (bicyclic) bond motifs is 1. The fraction of sp³-hybridized carbons (Fsp3) is 0.143. The van der Waals surface area contributed by atoms with Crippen LogP contribution in [-0.4, -0.2) is 14.1 Å². The van der Waals surface area contributed by atoms with Crippen LogP contribution in [0.1, 0.15) is 19.9 Å². The molecule has 0 bridgehead atoms. The van der Waals surface area contributed by atoms with Crippen molar-refractivity contribution in [3.8, 4) is 16.9 Å². The Morgan fingerprint density at radius 1 is 0.920 bits per heavy atom. The van der Waals surface area contributed by atoms with Crippen LogP contribution in [0.2, 0.25) is 0 Å². The minimum Gasteiger partial charge on any atom is -0.315 e. The molecule has 4 aromatic rings. The van der Waals surface area contributed by atoms with E-state index >= 15 is 0 Å². The third-order valence-electron chi connectivity index (χ3n) is 4.39. The molecule has 2 aromatic heterocycles. The van der Waals surface area contributed by atoms with E-state index in [-0.39, 0.29) is 11.6 Å². The van der Waals surface area contributed by atoms with Gasteiger partial charge in [-0.1, -0.05) is 48.5 Å². The molecule has 0 fully saturated rings. The third-order valence-corrected chi connectivity index (χ3v) is 4.39. The van der Waals surface area contributed by atoms with Crippen molar-refractivity contribution in [1.29, 1.82) is 0 Å². The van der Waals surface area contributed by atoms with Crippen LogP contribution >= 0.6 is 0 Å². The SMILES string of the molecule is CC(C)n1cnc(=O)c2cc(-c3ccccc3)n(-c3ccccc3)c21. The molecule has 0 atom stereocenters. The molecule has 124 valence electrons. The maximum Gasteiger partial charge on any atom is 0.282 e. The highest BCUT2D eigenvalue weighted by atomic mass is 16.1. The summed E-state index contributed by atoms with van der Waals surface area (Å²) in [5.41, 5.74) is 3.76. The average Bonchev–Trinajstić information content (AvgIpc) is 3.04. The van der Waals surface area contributed by atoms with Crippen LogP contribution in [0.3, 0.4) is 0 Å². The van der Waals surface area contributed by atoms with E-state index < -0.39 is 0 Å². The first kappa shape index (κ1) is 15.4. The first-order chi connectivity index (χ1) is 12.2. The van der Waals surface area contributed by atoms with E-state index in [1.54, 1.807) is 6.33 Å². The van der Waals surface area contributed by atoms with Gasteiger partial charge in [0.2, 0.25) is 0 Å². The van der Waals surface area contributed by atoms with Gasteiger partial charge >= 0.3 is 0 Å².